The van der Waals surface area contributed by atoms with Gasteiger partial charge in [-0.2, -0.15) is 5.26 Å². The number of aryl methyl sites for hydroxylation is 1. The van der Waals surface area contributed by atoms with Gasteiger partial charge in [-0.15, -0.1) is 0 Å². The van der Waals surface area contributed by atoms with Crippen molar-refractivity contribution < 1.29 is 12.8 Å². The highest BCUT2D eigenvalue weighted by molar-refractivity contribution is 7.90. The number of halogens is 1. The van der Waals surface area contributed by atoms with Gasteiger partial charge in [-0.3, -0.25) is 0 Å². The van der Waals surface area contributed by atoms with Crippen molar-refractivity contribution in [3.05, 3.63) is 83.9 Å². The number of benzene rings is 2. The molecule has 0 spiro atoms. The van der Waals surface area contributed by atoms with Crippen LogP contribution in [0.2, 0.25) is 0 Å². The van der Waals surface area contributed by atoms with Crippen molar-refractivity contribution in [1.82, 2.24) is 8.96 Å². The molecule has 0 radical (unpaired) electrons. The number of pyridine rings is 1. The van der Waals surface area contributed by atoms with E-state index in [1.807, 2.05) is 13.0 Å². The van der Waals surface area contributed by atoms with Crippen molar-refractivity contribution >= 4 is 21.1 Å². The van der Waals surface area contributed by atoms with Crippen LogP contribution in [0.15, 0.2) is 71.9 Å². The minimum atomic E-state index is -3.82. The maximum absolute atomic E-state index is 13.7. The molecule has 138 valence electrons. The summed E-state index contributed by atoms with van der Waals surface area (Å²) < 4.78 is 40.9. The fourth-order valence-electron chi connectivity index (χ4n) is 3.06. The Hall–Kier alpha value is -3.50. The Labute approximate surface area is 161 Å². The van der Waals surface area contributed by atoms with Gasteiger partial charge in [0, 0.05) is 17.8 Å². The van der Waals surface area contributed by atoms with Gasteiger partial charge in [0.15, 0.2) is 5.65 Å². The second kappa shape index (κ2) is 6.59. The van der Waals surface area contributed by atoms with Crippen LogP contribution >= 0.6 is 0 Å². The zero-order chi connectivity index (χ0) is 19.9. The van der Waals surface area contributed by atoms with Crippen molar-refractivity contribution in [3.63, 3.8) is 0 Å². The van der Waals surface area contributed by atoms with Crippen LogP contribution in [0.3, 0.4) is 0 Å². The molecule has 2 aromatic carbocycles. The monoisotopic (exact) mass is 391 g/mol. The zero-order valence-corrected chi connectivity index (χ0v) is 15.6. The van der Waals surface area contributed by atoms with Crippen LogP contribution in [0, 0.1) is 24.1 Å². The smallest absolute Gasteiger partial charge is 0.237 e. The predicted molar refractivity (Wildman–Crippen MR) is 104 cm³/mol. The molecule has 0 bridgehead atoms. The molecule has 5 nitrogen and oxygen atoms in total. The molecule has 0 fully saturated rings. The van der Waals surface area contributed by atoms with Gasteiger partial charge in [0.05, 0.1) is 10.5 Å². The molecule has 4 rings (SSSR count). The van der Waals surface area contributed by atoms with E-state index in [1.165, 1.54) is 24.5 Å². The van der Waals surface area contributed by atoms with E-state index >= 15 is 0 Å². The van der Waals surface area contributed by atoms with Crippen molar-refractivity contribution in [2.45, 2.75) is 11.8 Å². The minimum absolute atomic E-state index is 0.0748. The van der Waals surface area contributed by atoms with Crippen LogP contribution in [0.5, 0.6) is 0 Å². The third-order valence-corrected chi connectivity index (χ3v) is 6.21. The molecular weight excluding hydrogens is 377 g/mol. The lowest BCUT2D eigenvalue weighted by Crippen LogP contribution is -2.12. The molecule has 0 aliphatic heterocycles. The summed E-state index contributed by atoms with van der Waals surface area (Å²) in [6.45, 7) is 1.88. The van der Waals surface area contributed by atoms with E-state index in [9.17, 15) is 12.8 Å². The quantitative estimate of drug-likeness (QED) is 0.523. The molecule has 4 aromatic rings. The number of hydrogen-bond acceptors (Lipinski definition) is 4. The summed E-state index contributed by atoms with van der Waals surface area (Å²) in [6.07, 6.45) is 2.94. The molecule has 2 heterocycles. The Morgan fingerprint density at radius 1 is 1.07 bits per heavy atom. The Bertz CT molecular complexity index is 1350. The van der Waals surface area contributed by atoms with Crippen LogP contribution in [-0.4, -0.2) is 17.4 Å². The van der Waals surface area contributed by atoms with Crippen LogP contribution in [0.4, 0.5) is 4.39 Å². The van der Waals surface area contributed by atoms with Gasteiger partial charge in [0.25, 0.3) is 10.0 Å². The first-order chi connectivity index (χ1) is 13.4. The van der Waals surface area contributed by atoms with Crippen LogP contribution < -0.4 is 0 Å². The summed E-state index contributed by atoms with van der Waals surface area (Å²) in [6, 6.07) is 16.0. The molecule has 7 heteroatoms. The Morgan fingerprint density at radius 3 is 2.54 bits per heavy atom. The molecule has 0 saturated heterocycles. The van der Waals surface area contributed by atoms with E-state index in [0.717, 1.165) is 9.54 Å². The maximum atomic E-state index is 13.7. The topological polar surface area (TPSA) is 75.8 Å². The van der Waals surface area contributed by atoms with E-state index < -0.39 is 15.8 Å². The highest BCUT2D eigenvalue weighted by atomic mass is 32.2. The summed E-state index contributed by atoms with van der Waals surface area (Å²) in [5, 5.41) is 9.66. The molecule has 0 atom stereocenters. The maximum Gasteiger partial charge on any atom is 0.269 e. The van der Waals surface area contributed by atoms with Crippen molar-refractivity contribution in [2.24, 2.45) is 0 Å². The Balaban J connectivity index is 1.90. The summed E-state index contributed by atoms with van der Waals surface area (Å²) >= 11 is 0. The zero-order valence-electron chi connectivity index (χ0n) is 14.8. The molecule has 0 amide bonds. The molecule has 0 saturated carbocycles. The van der Waals surface area contributed by atoms with E-state index in [2.05, 4.69) is 4.98 Å². The number of nitriles is 1. The van der Waals surface area contributed by atoms with Gasteiger partial charge in [-0.1, -0.05) is 23.8 Å². The van der Waals surface area contributed by atoms with Crippen LogP contribution in [0.1, 0.15) is 11.1 Å². The van der Waals surface area contributed by atoms with Crippen molar-refractivity contribution in [2.75, 3.05) is 0 Å². The average molecular weight is 391 g/mol. The first kappa shape index (κ1) is 17.9. The number of rotatable bonds is 3. The summed E-state index contributed by atoms with van der Waals surface area (Å²) in [5.41, 5.74) is 2.42. The first-order valence-corrected chi connectivity index (χ1v) is 9.84. The predicted octanol–water partition coefficient (Wildman–Crippen LogP) is 4.26. The molecule has 28 heavy (non-hydrogen) atoms. The number of aromatic nitrogens is 2. The molecule has 0 N–H and O–H groups in total. The molecule has 0 aliphatic rings. The summed E-state index contributed by atoms with van der Waals surface area (Å²) in [7, 11) is -3.82. The van der Waals surface area contributed by atoms with E-state index in [-0.39, 0.29) is 16.1 Å². The lowest BCUT2D eigenvalue weighted by molar-refractivity contribution is 0.588. The molecule has 2 aromatic heterocycles. The Kier molecular flexibility index (Phi) is 4.21. The lowest BCUT2D eigenvalue weighted by Gasteiger charge is -2.09. The van der Waals surface area contributed by atoms with Crippen LogP contribution in [0.25, 0.3) is 22.2 Å². The molecule has 0 aliphatic carbocycles. The van der Waals surface area contributed by atoms with Crippen molar-refractivity contribution in [1.29, 1.82) is 5.26 Å². The Morgan fingerprint density at radius 2 is 1.82 bits per heavy atom. The normalized spacial score (nSPS) is 11.5. The third kappa shape index (κ3) is 2.84. The SMILES string of the molecule is Cc1ccc(S(=O)(=O)n2ccc3c(-c4ccc(F)c(C#N)c4)ccnc32)cc1. The summed E-state index contributed by atoms with van der Waals surface area (Å²) in [5.74, 6) is -0.601. The number of hydrogen-bond donors (Lipinski definition) is 0. The van der Waals surface area contributed by atoms with E-state index in [4.69, 9.17) is 5.26 Å². The fourth-order valence-corrected chi connectivity index (χ4v) is 4.36. The van der Waals surface area contributed by atoms with Gasteiger partial charge in [-0.25, -0.2) is 21.8 Å². The molecular formula is C21H14FN3O2S. The van der Waals surface area contributed by atoms with Crippen LogP contribution in [-0.2, 0) is 10.0 Å². The van der Waals surface area contributed by atoms with Gasteiger partial charge in [0.2, 0.25) is 0 Å². The lowest BCUT2D eigenvalue weighted by atomic mass is 10.0. The van der Waals surface area contributed by atoms with Gasteiger partial charge in [0.1, 0.15) is 11.9 Å². The van der Waals surface area contributed by atoms with Crippen molar-refractivity contribution in [3.8, 4) is 17.2 Å². The number of fused-ring (bicyclic) bond motifs is 1. The fraction of sp³-hybridized carbons (Fsp3) is 0.0476. The third-order valence-electron chi connectivity index (χ3n) is 4.53. The summed E-state index contributed by atoms with van der Waals surface area (Å²) in [4.78, 5) is 4.40. The highest BCUT2D eigenvalue weighted by Gasteiger charge is 2.21. The van der Waals surface area contributed by atoms with E-state index in [1.54, 1.807) is 42.5 Å². The largest absolute Gasteiger partial charge is 0.269 e. The minimum Gasteiger partial charge on any atom is -0.237 e. The number of nitrogens with zero attached hydrogens (tertiary/aromatic N) is 3. The van der Waals surface area contributed by atoms with Gasteiger partial charge >= 0.3 is 0 Å². The first-order valence-electron chi connectivity index (χ1n) is 8.40. The average Bonchev–Trinajstić information content (AvgIpc) is 3.14. The van der Waals surface area contributed by atoms with Gasteiger partial charge < -0.3 is 0 Å². The highest BCUT2D eigenvalue weighted by Crippen LogP contribution is 2.31. The van der Waals surface area contributed by atoms with Gasteiger partial charge in [-0.05, 0) is 54.4 Å². The standard InChI is InChI=1S/C21H14FN3O2S/c1-14-2-5-17(6-3-14)28(26,27)25-11-9-19-18(8-10-24-21(19)25)15-4-7-20(22)16(12-15)13-23/h2-12H,1H3. The molecule has 0 unspecified atom stereocenters. The second-order valence-electron chi connectivity index (χ2n) is 6.33. The second-order valence-corrected chi connectivity index (χ2v) is 8.15. The van der Waals surface area contributed by atoms with E-state index in [0.29, 0.717) is 16.5 Å².